The monoisotopic (exact) mass is 324 g/mol. The summed E-state index contributed by atoms with van der Waals surface area (Å²) in [5.41, 5.74) is 0.950. The lowest BCUT2D eigenvalue weighted by Crippen LogP contribution is -2.26. The summed E-state index contributed by atoms with van der Waals surface area (Å²) < 4.78 is 0. The molecule has 108 valence electrons. The first-order valence-electron chi connectivity index (χ1n) is 5.98. The van der Waals surface area contributed by atoms with Gasteiger partial charge in [-0.15, -0.1) is 12.4 Å². The Bertz CT molecular complexity index is 399. The average Bonchev–Trinajstić information content (AvgIpc) is 2.33. The lowest BCUT2D eigenvalue weighted by molar-refractivity contribution is -0.121. The van der Waals surface area contributed by atoms with Crippen LogP contribution in [0.2, 0.25) is 10.0 Å². The van der Waals surface area contributed by atoms with Crippen LogP contribution in [0.15, 0.2) is 18.2 Å². The van der Waals surface area contributed by atoms with Gasteiger partial charge in [-0.1, -0.05) is 29.3 Å². The van der Waals surface area contributed by atoms with Gasteiger partial charge in [0.05, 0.1) is 0 Å². The summed E-state index contributed by atoms with van der Waals surface area (Å²) in [7, 11) is 1.89. The van der Waals surface area contributed by atoms with E-state index in [0.29, 0.717) is 29.4 Å². The summed E-state index contributed by atoms with van der Waals surface area (Å²) in [6.07, 6.45) is 2.01. The zero-order valence-electron chi connectivity index (χ0n) is 10.8. The van der Waals surface area contributed by atoms with Crippen LogP contribution < -0.4 is 10.6 Å². The second-order valence-corrected chi connectivity index (χ2v) is 4.89. The molecule has 2 N–H and O–H groups in total. The molecule has 19 heavy (non-hydrogen) atoms. The van der Waals surface area contributed by atoms with Crippen LogP contribution in [0.3, 0.4) is 0 Å². The lowest BCUT2D eigenvalue weighted by atomic mass is 10.1. The number of carbonyl (C=O) groups excluding carboxylic acids is 1. The third kappa shape index (κ3) is 7.63. The van der Waals surface area contributed by atoms with Gasteiger partial charge in [0.2, 0.25) is 5.91 Å². The molecule has 0 aliphatic rings. The molecule has 0 spiro atoms. The van der Waals surface area contributed by atoms with Crippen molar-refractivity contribution in [3.05, 3.63) is 33.8 Å². The van der Waals surface area contributed by atoms with Crippen molar-refractivity contribution in [1.82, 2.24) is 10.6 Å². The molecule has 0 radical (unpaired) electrons. The van der Waals surface area contributed by atoms with Crippen LogP contribution in [0.5, 0.6) is 0 Å². The first-order chi connectivity index (χ1) is 8.63. The molecular weight excluding hydrogens is 307 g/mol. The fraction of sp³-hybridized carbons (Fsp3) is 0.462. The van der Waals surface area contributed by atoms with Crippen molar-refractivity contribution in [3.63, 3.8) is 0 Å². The number of hydrogen-bond acceptors (Lipinski definition) is 2. The molecular formula is C13H19Cl3N2O. The van der Waals surface area contributed by atoms with Crippen LogP contribution in [0, 0.1) is 0 Å². The molecule has 1 aromatic rings. The Morgan fingerprint density at radius 1 is 1.26 bits per heavy atom. The quantitative estimate of drug-likeness (QED) is 0.757. The maximum Gasteiger partial charge on any atom is 0.220 e. The Morgan fingerprint density at radius 2 is 2.00 bits per heavy atom. The zero-order valence-corrected chi connectivity index (χ0v) is 13.2. The summed E-state index contributed by atoms with van der Waals surface area (Å²) in [4.78, 5) is 11.6. The van der Waals surface area contributed by atoms with E-state index in [-0.39, 0.29) is 18.3 Å². The topological polar surface area (TPSA) is 41.1 Å². The Kier molecular flexibility index (Phi) is 10.1. The van der Waals surface area contributed by atoms with Crippen LogP contribution in [0.25, 0.3) is 0 Å². The van der Waals surface area contributed by atoms with E-state index in [1.807, 2.05) is 13.1 Å². The maximum absolute atomic E-state index is 11.6. The van der Waals surface area contributed by atoms with Gasteiger partial charge < -0.3 is 10.6 Å². The highest BCUT2D eigenvalue weighted by atomic mass is 35.5. The van der Waals surface area contributed by atoms with Crippen molar-refractivity contribution in [2.75, 3.05) is 20.1 Å². The molecule has 0 saturated heterocycles. The number of amides is 1. The number of carbonyl (C=O) groups is 1. The minimum absolute atomic E-state index is 0. The van der Waals surface area contributed by atoms with E-state index < -0.39 is 0 Å². The molecule has 0 fully saturated rings. The van der Waals surface area contributed by atoms with Gasteiger partial charge in [0.15, 0.2) is 0 Å². The van der Waals surface area contributed by atoms with Gasteiger partial charge in [-0.2, -0.15) is 0 Å². The standard InChI is InChI=1S/C13H18Cl2N2O.ClH/c1-16-7-2-8-17-13(18)6-4-10-3-5-11(14)9-12(10)15;/h3,5,9,16H,2,4,6-8H2,1H3,(H,17,18);1H. The minimum Gasteiger partial charge on any atom is -0.356 e. The van der Waals surface area contributed by atoms with E-state index in [9.17, 15) is 4.79 Å². The highest BCUT2D eigenvalue weighted by Crippen LogP contribution is 2.21. The van der Waals surface area contributed by atoms with Gasteiger partial charge in [-0.05, 0) is 44.1 Å². The Morgan fingerprint density at radius 3 is 2.63 bits per heavy atom. The van der Waals surface area contributed by atoms with Crippen LogP contribution in [0.4, 0.5) is 0 Å². The molecule has 0 atom stereocenters. The van der Waals surface area contributed by atoms with E-state index in [4.69, 9.17) is 23.2 Å². The minimum atomic E-state index is 0. The van der Waals surface area contributed by atoms with E-state index in [1.54, 1.807) is 12.1 Å². The first-order valence-corrected chi connectivity index (χ1v) is 6.74. The Balaban J connectivity index is 0.00000324. The van der Waals surface area contributed by atoms with Crippen molar-refractivity contribution in [2.45, 2.75) is 19.3 Å². The van der Waals surface area contributed by atoms with E-state index >= 15 is 0 Å². The summed E-state index contributed by atoms with van der Waals surface area (Å²) in [5, 5.41) is 7.13. The number of hydrogen-bond donors (Lipinski definition) is 2. The number of rotatable bonds is 7. The molecule has 6 heteroatoms. The molecule has 0 aliphatic carbocycles. The van der Waals surface area contributed by atoms with Gasteiger partial charge in [0.25, 0.3) is 0 Å². The molecule has 0 saturated carbocycles. The molecule has 1 amide bonds. The predicted octanol–water partition coefficient (Wildman–Crippen LogP) is 3.07. The Hall–Kier alpha value is -0.480. The van der Waals surface area contributed by atoms with E-state index in [2.05, 4.69) is 10.6 Å². The SMILES string of the molecule is CNCCCNC(=O)CCc1ccc(Cl)cc1Cl.Cl. The largest absolute Gasteiger partial charge is 0.356 e. The van der Waals surface area contributed by atoms with Gasteiger partial charge in [0, 0.05) is 23.0 Å². The maximum atomic E-state index is 11.6. The van der Waals surface area contributed by atoms with Crippen molar-refractivity contribution >= 4 is 41.5 Å². The molecule has 0 unspecified atom stereocenters. The smallest absolute Gasteiger partial charge is 0.220 e. The van der Waals surface area contributed by atoms with Crippen LogP contribution in [-0.2, 0) is 11.2 Å². The summed E-state index contributed by atoms with van der Waals surface area (Å²) >= 11 is 11.8. The number of nitrogens with one attached hydrogen (secondary N) is 2. The van der Waals surface area contributed by atoms with Crippen molar-refractivity contribution in [2.24, 2.45) is 0 Å². The fourth-order valence-corrected chi connectivity index (χ4v) is 2.06. The highest BCUT2D eigenvalue weighted by molar-refractivity contribution is 6.35. The van der Waals surface area contributed by atoms with Crippen molar-refractivity contribution in [1.29, 1.82) is 0 Å². The fourth-order valence-electron chi connectivity index (χ4n) is 1.55. The molecule has 0 aliphatic heterocycles. The second kappa shape index (κ2) is 10.3. The first kappa shape index (κ1) is 18.5. The number of benzene rings is 1. The number of halogens is 3. The molecule has 0 heterocycles. The Labute approximate surface area is 130 Å². The molecule has 3 nitrogen and oxygen atoms in total. The summed E-state index contributed by atoms with van der Waals surface area (Å²) in [6.45, 7) is 1.61. The average molecular weight is 326 g/mol. The molecule has 1 aromatic carbocycles. The highest BCUT2D eigenvalue weighted by Gasteiger charge is 2.05. The van der Waals surface area contributed by atoms with Gasteiger partial charge in [-0.25, -0.2) is 0 Å². The molecule has 1 rings (SSSR count). The van der Waals surface area contributed by atoms with Gasteiger partial charge in [0.1, 0.15) is 0 Å². The predicted molar refractivity (Wildman–Crippen MR) is 83.6 cm³/mol. The van der Waals surface area contributed by atoms with Crippen molar-refractivity contribution < 1.29 is 4.79 Å². The normalized spacial score (nSPS) is 9.84. The van der Waals surface area contributed by atoms with E-state index in [0.717, 1.165) is 18.5 Å². The summed E-state index contributed by atoms with van der Waals surface area (Å²) in [5.74, 6) is 0.0529. The number of aryl methyl sites for hydroxylation is 1. The molecule has 0 bridgehead atoms. The lowest BCUT2D eigenvalue weighted by Gasteiger charge is -2.06. The third-order valence-electron chi connectivity index (χ3n) is 2.56. The second-order valence-electron chi connectivity index (χ2n) is 4.04. The van der Waals surface area contributed by atoms with Gasteiger partial charge in [-0.3, -0.25) is 4.79 Å². The molecule has 0 aromatic heterocycles. The van der Waals surface area contributed by atoms with Gasteiger partial charge >= 0.3 is 0 Å². The van der Waals surface area contributed by atoms with Crippen LogP contribution in [0.1, 0.15) is 18.4 Å². The van der Waals surface area contributed by atoms with Crippen LogP contribution >= 0.6 is 35.6 Å². The summed E-state index contributed by atoms with van der Waals surface area (Å²) in [6, 6.07) is 5.34. The van der Waals surface area contributed by atoms with Crippen molar-refractivity contribution in [3.8, 4) is 0 Å². The van der Waals surface area contributed by atoms with Crippen LogP contribution in [-0.4, -0.2) is 26.0 Å². The zero-order chi connectivity index (χ0) is 13.4. The van der Waals surface area contributed by atoms with E-state index in [1.165, 1.54) is 0 Å². The third-order valence-corrected chi connectivity index (χ3v) is 3.15.